The Bertz CT molecular complexity index is 237. The summed E-state index contributed by atoms with van der Waals surface area (Å²) in [5.41, 5.74) is -0.346. The van der Waals surface area contributed by atoms with E-state index >= 15 is 0 Å². The third kappa shape index (κ3) is 2.32. The lowest BCUT2D eigenvalue weighted by atomic mass is 10.0. The molecule has 15 heavy (non-hydrogen) atoms. The van der Waals surface area contributed by atoms with Gasteiger partial charge >= 0.3 is 0 Å². The molecule has 0 bridgehead atoms. The lowest BCUT2D eigenvalue weighted by Crippen LogP contribution is -2.50. The van der Waals surface area contributed by atoms with E-state index in [0.29, 0.717) is 0 Å². The van der Waals surface area contributed by atoms with Crippen LogP contribution in [0.2, 0.25) is 0 Å². The van der Waals surface area contributed by atoms with Gasteiger partial charge in [-0.15, -0.1) is 0 Å². The molecule has 1 unspecified atom stereocenters. The van der Waals surface area contributed by atoms with Crippen LogP contribution < -0.4 is 10.6 Å². The van der Waals surface area contributed by atoms with Gasteiger partial charge in [-0.1, -0.05) is 19.8 Å². The molecule has 0 aromatic carbocycles. The maximum Gasteiger partial charge on any atom is 0.251 e. The van der Waals surface area contributed by atoms with Gasteiger partial charge in [-0.2, -0.15) is 0 Å². The Hall–Kier alpha value is -0.610. The van der Waals surface area contributed by atoms with Crippen LogP contribution in [0.1, 0.15) is 39.0 Å². The molecule has 2 saturated heterocycles. The maximum absolute atomic E-state index is 11.7. The smallest absolute Gasteiger partial charge is 0.251 e. The van der Waals surface area contributed by atoms with Crippen molar-refractivity contribution in [2.24, 2.45) is 0 Å². The van der Waals surface area contributed by atoms with Crippen LogP contribution in [0, 0.1) is 0 Å². The molecule has 2 aliphatic heterocycles. The van der Waals surface area contributed by atoms with Gasteiger partial charge in [0.1, 0.15) is 11.8 Å². The van der Waals surface area contributed by atoms with Crippen molar-refractivity contribution in [1.29, 1.82) is 0 Å². The normalized spacial score (nSPS) is 29.4. The SMILES string of the molecule is CCCCC1OC2(CCNCC2)NC1=O. The zero-order chi connectivity index (χ0) is 10.7. The number of ether oxygens (including phenoxy) is 1. The maximum atomic E-state index is 11.7. The van der Waals surface area contributed by atoms with E-state index in [1.807, 2.05) is 0 Å². The van der Waals surface area contributed by atoms with Gasteiger partial charge in [0.25, 0.3) is 5.91 Å². The minimum Gasteiger partial charge on any atom is -0.343 e. The molecule has 0 radical (unpaired) electrons. The molecule has 2 aliphatic rings. The average molecular weight is 212 g/mol. The highest BCUT2D eigenvalue weighted by atomic mass is 16.5. The molecule has 2 fully saturated rings. The Morgan fingerprint density at radius 1 is 1.47 bits per heavy atom. The highest BCUT2D eigenvalue weighted by Crippen LogP contribution is 2.28. The third-order valence-electron chi connectivity index (χ3n) is 3.24. The van der Waals surface area contributed by atoms with E-state index < -0.39 is 0 Å². The topological polar surface area (TPSA) is 50.4 Å². The summed E-state index contributed by atoms with van der Waals surface area (Å²) in [5, 5.41) is 6.30. The molecule has 0 aliphatic carbocycles. The third-order valence-corrected chi connectivity index (χ3v) is 3.24. The Labute approximate surface area is 90.8 Å². The molecule has 86 valence electrons. The summed E-state index contributed by atoms with van der Waals surface area (Å²) < 4.78 is 5.90. The molecule has 2 heterocycles. The average Bonchev–Trinajstić information content (AvgIpc) is 2.53. The zero-order valence-corrected chi connectivity index (χ0v) is 9.34. The second kappa shape index (κ2) is 4.49. The summed E-state index contributed by atoms with van der Waals surface area (Å²) in [4.78, 5) is 11.7. The van der Waals surface area contributed by atoms with Gasteiger partial charge < -0.3 is 15.4 Å². The van der Waals surface area contributed by atoms with Crippen molar-refractivity contribution >= 4 is 5.91 Å². The van der Waals surface area contributed by atoms with Gasteiger partial charge in [0, 0.05) is 12.8 Å². The van der Waals surface area contributed by atoms with Crippen LogP contribution in [0.5, 0.6) is 0 Å². The second-order valence-corrected chi connectivity index (χ2v) is 4.48. The Balaban J connectivity index is 1.92. The van der Waals surface area contributed by atoms with E-state index in [1.165, 1.54) is 0 Å². The van der Waals surface area contributed by atoms with Crippen molar-refractivity contribution in [2.45, 2.75) is 50.9 Å². The monoisotopic (exact) mass is 212 g/mol. The lowest BCUT2D eigenvalue weighted by molar-refractivity contribution is -0.124. The molecule has 1 spiro atoms. The largest absolute Gasteiger partial charge is 0.343 e. The van der Waals surface area contributed by atoms with Crippen LogP contribution >= 0.6 is 0 Å². The molecule has 1 atom stereocenters. The highest BCUT2D eigenvalue weighted by molar-refractivity contribution is 5.83. The summed E-state index contributed by atoms with van der Waals surface area (Å²) >= 11 is 0. The standard InChI is InChI=1S/C11H20N2O2/c1-2-3-4-9-10(14)13-11(15-9)5-7-12-8-6-11/h9,12H,2-8H2,1H3,(H,13,14). The molecule has 1 amide bonds. The number of carbonyl (C=O) groups excluding carboxylic acids is 1. The summed E-state index contributed by atoms with van der Waals surface area (Å²) in [7, 11) is 0. The van der Waals surface area contributed by atoms with Crippen LogP contribution in [0.4, 0.5) is 0 Å². The number of hydrogen-bond acceptors (Lipinski definition) is 3. The molecular weight excluding hydrogens is 192 g/mol. The van der Waals surface area contributed by atoms with Gasteiger partial charge in [-0.25, -0.2) is 0 Å². The quantitative estimate of drug-likeness (QED) is 0.726. The van der Waals surface area contributed by atoms with Crippen molar-refractivity contribution in [3.8, 4) is 0 Å². The Morgan fingerprint density at radius 2 is 2.20 bits per heavy atom. The number of rotatable bonds is 3. The fraction of sp³-hybridized carbons (Fsp3) is 0.909. The molecule has 2 N–H and O–H groups in total. The van der Waals surface area contributed by atoms with Crippen LogP contribution in [0.15, 0.2) is 0 Å². The minimum absolute atomic E-state index is 0.0883. The number of carbonyl (C=O) groups is 1. The molecule has 4 nitrogen and oxygen atoms in total. The Morgan fingerprint density at radius 3 is 2.87 bits per heavy atom. The van der Waals surface area contributed by atoms with Crippen molar-refractivity contribution in [3.63, 3.8) is 0 Å². The summed E-state index contributed by atoms with van der Waals surface area (Å²) in [6.45, 7) is 3.99. The molecule has 4 heteroatoms. The first-order valence-electron chi connectivity index (χ1n) is 5.96. The van der Waals surface area contributed by atoms with Crippen molar-refractivity contribution in [3.05, 3.63) is 0 Å². The predicted molar refractivity (Wildman–Crippen MR) is 57.4 cm³/mol. The number of piperidine rings is 1. The van der Waals surface area contributed by atoms with E-state index in [1.54, 1.807) is 0 Å². The predicted octanol–water partition coefficient (Wildman–Crippen LogP) is 0.771. The minimum atomic E-state index is -0.346. The van der Waals surface area contributed by atoms with Gasteiger partial charge in [0.15, 0.2) is 0 Å². The van der Waals surface area contributed by atoms with Crippen LogP contribution in [-0.4, -0.2) is 30.8 Å². The summed E-state index contributed by atoms with van der Waals surface area (Å²) in [6, 6.07) is 0. The molecule has 0 aromatic rings. The zero-order valence-electron chi connectivity index (χ0n) is 9.34. The van der Waals surface area contributed by atoms with Crippen molar-refractivity contribution in [1.82, 2.24) is 10.6 Å². The van der Waals surface area contributed by atoms with E-state index in [-0.39, 0.29) is 17.7 Å². The fourth-order valence-electron chi connectivity index (χ4n) is 2.31. The molecule has 2 rings (SSSR count). The number of unbranched alkanes of at least 4 members (excludes halogenated alkanes) is 1. The fourth-order valence-corrected chi connectivity index (χ4v) is 2.31. The van der Waals surface area contributed by atoms with Gasteiger partial charge in [-0.05, 0) is 19.5 Å². The summed E-state index contributed by atoms with van der Waals surface area (Å²) in [6.07, 6.45) is 4.61. The van der Waals surface area contributed by atoms with E-state index in [4.69, 9.17) is 4.74 Å². The van der Waals surface area contributed by atoms with E-state index in [0.717, 1.165) is 45.2 Å². The lowest BCUT2D eigenvalue weighted by Gasteiger charge is -2.32. The highest BCUT2D eigenvalue weighted by Gasteiger charge is 2.45. The van der Waals surface area contributed by atoms with Gasteiger partial charge in [0.05, 0.1) is 0 Å². The molecule has 0 aromatic heterocycles. The summed E-state index contributed by atoms with van der Waals surface area (Å²) in [5.74, 6) is 0.0883. The van der Waals surface area contributed by atoms with Crippen LogP contribution in [0.3, 0.4) is 0 Å². The molecular formula is C11H20N2O2. The van der Waals surface area contributed by atoms with Gasteiger partial charge in [-0.3, -0.25) is 4.79 Å². The van der Waals surface area contributed by atoms with Crippen molar-refractivity contribution in [2.75, 3.05) is 13.1 Å². The van der Waals surface area contributed by atoms with Gasteiger partial charge in [0.2, 0.25) is 0 Å². The van der Waals surface area contributed by atoms with Crippen molar-refractivity contribution < 1.29 is 9.53 Å². The van der Waals surface area contributed by atoms with Crippen LogP contribution in [-0.2, 0) is 9.53 Å². The first kappa shape index (κ1) is 10.9. The first-order chi connectivity index (χ1) is 7.26. The number of amides is 1. The second-order valence-electron chi connectivity index (χ2n) is 4.48. The molecule has 0 saturated carbocycles. The van der Waals surface area contributed by atoms with Crippen LogP contribution in [0.25, 0.3) is 0 Å². The Kier molecular flexibility index (Phi) is 3.26. The first-order valence-corrected chi connectivity index (χ1v) is 5.96. The van der Waals surface area contributed by atoms with E-state index in [2.05, 4.69) is 17.6 Å². The number of hydrogen-bond donors (Lipinski definition) is 2. The van der Waals surface area contributed by atoms with E-state index in [9.17, 15) is 4.79 Å². The number of nitrogens with one attached hydrogen (secondary N) is 2.